The number of furan rings is 2. The van der Waals surface area contributed by atoms with Crippen molar-refractivity contribution >= 4 is 87.5 Å². The highest BCUT2D eigenvalue weighted by Gasteiger charge is 2.25. The molecule has 0 aliphatic carbocycles. The largest absolute Gasteiger partial charge is 0.456 e. The van der Waals surface area contributed by atoms with Gasteiger partial charge in [0.05, 0.1) is 38.8 Å². The highest BCUT2D eigenvalue weighted by molar-refractivity contribution is 6.24. The summed E-state index contributed by atoms with van der Waals surface area (Å²) in [7, 11) is 0. The summed E-state index contributed by atoms with van der Waals surface area (Å²) in [6, 6.07) is 126. The fraction of sp³-hybridized carbons (Fsp3) is 0. The summed E-state index contributed by atoms with van der Waals surface area (Å²) in [6.45, 7) is 0. The molecule has 10 nitrogen and oxygen atoms in total. The maximum Gasteiger partial charge on any atom is 0.164 e. The first-order chi connectivity index (χ1) is 52.6. The molecule has 0 fully saturated rings. The van der Waals surface area contributed by atoms with E-state index >= 15 is 0 Å². The molecule has 0 unspecified atom stereocenters. The van der Waals surface area contributed by atoms with E-state index in [1.807, 2.05) is 146 Å². The van der Waals surface area contributed by atoms with Crippen molar-refractivity contribution in [3.8, 4) is 113 Å². The van der Waals surface area contributed by atoms with Crippen LogP contribution < -0.4 is 0 Å². The summed E-state index contributed by atoms with van der Waals surface area (Å²) in [5.41, 5.74) is 22.3. The molecule has 496 valence electrons. The summed E-state index contributed by atoms with van der Waals surface area (Å²) < 4.78 is 17.6. The minimum absolute atomic E-state index is 0.617. The van der Waals surface area contributed by atoms with Gasteiger partial charge in [0.2, 0.25) is 0 Å². The quantitative estimate of drug-likeness (QED) is 0.126. The number of nitrogens with zero attached hydrogens (tertiary/aromatic N) is 8. The molecule has 21 rings (SSSR count). The Balaban J connectivity index is 0.000000141. The summed E-state index contributed by atoms with van der Waals surface area (Å²) in [4.78, 5) is 30.1. The molecule has 0 N–H and O–H groups in total. The van der Waals surface area contributed by atoms with Gasteiger partial charge in [-0.3, -0.25) is 0 Å². The standard InChI is InChI=1S/C51H32N4O.C45H28N4O/c1-4-15-33(16-5-1)42-31-37(51-53-49(34-17-6-2-7-18-34)52-50(54-51)35-19-8-3-9-20-35)28-30-44(42)55-43-24-12-10-21-39(43)40-29-27-36(32-45(40)55)38-23-14-26-47-48(38)41-22-11-13-25-46(41)56-47;1-4-14-29(15-5-1)36-28-32(45-47-43(30-16-6-2-7-17-30)46-44(48-45)31-18-8-3-9-19-31)24-26-38(36)49-37-22-12-10-21-35(37)41-39(49)27-25-34-33-20-11-13-23-40(33)50-42(34)41/h1-32H;1-28H. The fourth-order valence-corrected chi connectivity index (χ4v) is 15.2. The van der Waals surface area contributed by atoms with E-state index < -0.39 is 0 Å². The smallest absolute Gasteiger partial charge is 0.164 e. The lowest BCUT2D eigenvalue weighted by molar-refractivity contribution is 0.669. The van der Waals surface area contributed by atoms with E-state index in [0.717, 1.165) is 155 Å². The molecule has 0 spiro atoms. The minimum atomic E-state index is 0.617. The third-order valence-electron chi connectivity index (χ3n) is 20.1. The first-order valence-electron chi connectivity index (χ1n) is 35.5. The van der Waals surface area contributed by atoms with Gasteiger partial charge >= 0.3 is 0 Å². The van der Waals surface area contributed by atoms with Crippen molar-refractivity contribution in [3.63, 3.8) is 0 Å². The third-order valence-corrected chi connectivity index (χ3v) is 20.1. The molecular weight excluding hydrogens is 1300 g/mol. The van der Waals surface area contributed by atoms with Crippen molar-refractivity contribution in [2.45, 2.75) is 0 Å². The first-order valence-corrected chi connectivity index (χ1v) is 35.5. The minimum Gasteiger partial charge on any atom is -0.456 e. The summed E-state index contributed by atoms with van der Waals surface area (Å²) in [5.74, 6) is 3.78. The molecule has 0 atom stereocenters. The number of hydrogen-bond donors (Lipinski definition) is 0. The zero-order chi connectivity index (χ0) is 70.0. The van der Waals surface area contributed by atoms with Crippen LogP contribution in [0.2, 0.25) is 0 Å². The lowest BCUT2D eigenvalue weighted by Crippen LogP contribution is -2.02. The Morgan fingerprint density at radius 3 is 1.07 bits per heavy atom. The van der Waals surface area contributed by atoms with Gasteiger partial charge in [0.15, 0.2) is 34.9 Å². The van der Waals surface area contributed by atoms with Crippen molar-refractivity contribution in [1.29, 1.82) is 0 Å². The number of rotatable bonds is 11. The topological polar surface area (TPSA) is 113 Å². The van der Waals surface area contributed by atoms with E-state index in [9.17, 15) is 0 Å². The molecule has 6 heterocycles. The highest BCUT2D eigenvalue weighted by Crippen LogP contribution is 2.46. The normalized spacial score (nSPS) is 11.6. The number of aromatic nitrogens is 8. The van der Waals surface area contributed by atoms with E-state index in [0.29, 0.717) is 34.9 Å². The second-order valence-corrected chi connectivity index (χ2v) is 26.4. The third kappa shape index (κ3) is 10.7. The van der Waals surface area contributed by atoms with Crippen LogP contribution in [-0.4, -0.2) is 39.0 Å². The Kier molecular flexibility index (Phi) is 15.0. The molecule has 6 aromatic heterocycles. The second-order valence-electron chi connectivity index (χ2n) is 26.4. The number of para-hydroxylation sites is 4. The van der Waals surface area contributed by atoms with E-state index in [-0.39, 0.29) is 0 Å². The van der Waals surface area contributed by atoms with Crippen molar-refractivity contribution < 1.29 is 8.83 Å². The predicted octanol–water partition coefficient (Wildman–Crippen LogP) is 24.7. The average Bonchev–Trinajstić information content (AvgIpc) is 1.53. The van der Waals surface area contributed by atoms with Crippen LogP contribution in [-0.2, 0) is 0 Å². The van der Waals surface area contributed by atoms with Crippen LogP contribution in [0.1, 0.15) is 0 Å². The molecule has 0 saturated carbocycles. The summed E-state index contributed by atoms with van der Waals surface area (Å²) >= 11 is 0. The maximum atomic E-state index is 6.57. The van der Waals surface area contributed by atoms with Crippen molar-refractivity contribution in [3.05, 3.63) is 364 Å². The Hall–Kier alpha value is -14.5. The molecule has 0 aliphatic rings. The Morgan fingerprint density at radius 2 is 0.557 bits per heavy atom. The Morgan fingerprint density at radius 1 is 0.189 bits per heavy atom. The van der Waals surface area contributed by atoms with Crippen molar-refractivity contribution in [2.24, 2.45) is 0 Å². The van der Waals surface area contributed by atoms with Crippen molar-refractivity contribution in [2.75, 3.05) is 0 Å². The Labute approximate surface area is 608 Å². The molecule has 0 saturated heterocycles. The van der Waals surface area contributed by atoms with Gasteiger partial charge in [-0.05, 0) is 107 Å². The van der Waals surface area contributed by atoms with Crippen LogP contribution in [0.3, 0.4) is 0 Å². The SMILES string of the molecule is c1ccc(-c2nc(-c3ccccc3)nc(-c3ccc(-n4c5ccccc5c5c6oc7ccccc7c6ccc54)c(-c4ccccc4)c3)n2)cc1.c1ccc(-c2nc(-c3ccccc3)nc(-c3ccc(-n4c5ccccc5c5ccc(-c6cccc7oc8ccccc8c67)cc54)c(-c4ccccc4)c3)n2)cc1. The molecule has 15 aromatic carbocycles. The first kappa shape index (κ1) is 61.4. The zero-order valence-electron chi connectivity index (χ0n) is 57.0. The molecule has 106 heavy (non-hydrogen) atoms. The lowest BCUT2D eigenvalue weighted by atomic mass is 9.98. The van der Waals surface area contributed by atoms with Crippen LogP contribution >= 0.6 is 0 Å². The van der Waals surface area contributed by atoms with Gasteiger partial charge in [0.1, 0.15) is 22.3 Å². The summed E-state index contributed by atoms with van der Waals surface area (Å²) in [5, 5.41) is 9.12. The maximum absolute atomic E-state index is 6.57. The molecule has 0 aliphatic heterocycles. The molecule has 10 heteroatoms. The predicted molar refractivity (Wildman–Crippen MR) is 432 cm³/mol. The molecule has 0 amide bonds. The number of benzene rings is 15. The fourth-order valence-electron chi connectivity index (χ4n) is 15.2. The van der Waals surface area contributed by atoms with Gasteiger partial charge in [-0.15, -0.1) is 0 Å². The van der Waals surface area contributed by atoms with E-state index in [4.69, 9.17) is 38.7 Å². The number of fused-ring (bicyclic) bond motifs is 13. The highest BCUT2D eigenvalue weighted by atomic mass is 16.3. The monoisotopic (exact) mass is 1360 g/mol. The molecular formula is C96H60N8O2. The van der Waals surface area contributed by atoms with Gasteiger partial charge < -0.3 is 18.0 Å². The lowest BCUT2D eigenvalue weighted by Gasteiger charge is -2.16. The van der Waals surface area contributed by atoms with E-state index in [2.05, 4.69) is 228 Å². The van der Waals surface area contributed by atoms with E-state index in [1.54, 1.807) is 0 Å². The van der Waals surface area contributed by atoms with Crippen LogP contribution in [0.4, 0.5) is 0 Å². The zero-order valence-corrected chi connectivity index (χ0v) is 57.0. The van der Waals surface area contributed by atoms with Crippen molar-refractivity contribution in [1.82, 2.24) is 39.0 Å². The van der Waals surface area contributed by atoms with Crippen LogP contribution in [0.15, 0.2) is 373 Å². The second kappa shape index (κ2) is 25.8. The van der Waals surface area contributed by atoms with Crippen LogP contribution in [0.25, 0.3) is 201 Å². The molecule has 0 radical (unpaired) electrons. The summed E-state index contributed by atoms with van der Waals surface area (Å²) in [6.07, 6.45) is 0. The van der Waals surface area contributed by atoms with Crippen LogP contribution in [0.5, 0.6) is 0 Å². The van der Waals surface area contributed by atoms with Gasteiger partial charge in [-0.2, -0.15) is 0 Å². The van der Waals surface area contributed by atoms with Gasteiger partial charge in [-0.1, -0.05) is 279 Å². The van der Waals surface area contributed by atoms with Gasteiger partial charge in [-0.25, -0.2) is 29.9 Å². The van der Waals surface area contributed by atoms with Gasteiger partial charge in [0.25, 0.3) is 0 Å². The van der Waals surface area contributed by atoms with Crippen LogP contribution in [0, 0.1) is 0 Å². The van der Waals surface area contributed by atoms with Gasteiger partial charge in [0, 0.05) is 82.2 Å². The molecule has 21 aromatic rings. The molecule has 0 bridgehead atoms. The van der Waals surface area contributed by atoms with E-state index in [1.165, 1.54) is 10.8 Å². The average molecular weight is 1360 g/mol. The Bertz CT molecular complexity index is 6820. The number of hydrogen-bond acceptors (Lipinski definition) is 8.